The van der Waals surface area contributed by atoms with E-state index in [1.54, 1.807) is 28.6 Å². The first-order valence-corrected chi connectivity index (χ1v) is 29.8. The third kappa shape index (κ3) is 10.4. The van der Waals surface area contributed by atoms with Crippen molar-refractivity contribution in [2.24, 2.45) is 5.41 Å². The highest BCUT2D eigenvalue weighted by Crippen LogP contribution is 2.43. The molecule has 80 heavy (non-hydrogen) atoms. The van der Waals surface area contributed by atoms with E-state index in [-0.39, 0.29) is 46.8 Å². The van der Waals surface area contributed by atoms with Gasteiger partial charge >= 0.3 is 0 Å². The van der Waals surface area contributed by atoms with Gasteiger partial charge in [0.25, 0.3) is 0 Å². The molecule has 19 nitrogen and oxygen atoms in total. The Balaban J connectivity index is 0.594. The summed E-state index contributed by atoms with van der Waals surface area (Å²) in [6, 6.07) is 25.4. The number of nitrogens with zero attached hydrogens (tertiary/aromatic N) is 13. The molecule has 6 aromatic rings. The highest BCUT2D eigenvalue weighted by molar-refractivity contribution is 7.88. The third-order valence-corrected chi connectivity index (χ3v) is 19.4. The molecule has 4 unspecified atom stereocenters. The number of aromatic nitrogens is 6. The fourth-order valence-electron chi connectivity index (χ4n) is 13.8. The van der Waals surface area contributed by atoms with Gasteiger partial charge in [0.15, 0.2) is 11.6 Å². The lowest BCUT2D eigenvalue weighted by molar-refractivity contribution is 0.0248. The number of para-hydroxylation sites is 1. The number of nitrogens with two attached hydrogens (primary N) is 2. The van der Waals surface area contributed by atoms with Gasteiger partial charge in [0.05, 0.1) is 41.6 Å². The number of piperidine rings is 1. The third-order valence-electron chi connectivity index (χ3n) is 17.6. The summed E-state index contributed by atoms with van der Waals surface area (Å²) in [6.45, 7) is 9.11. The Kier molecular flexibility index (Phi) is 13.8. The molecule has 0 aliphatic carbocycles. The van der Waals surface area contributed by atoms with Crippen LogP contribution in [0.2, 0.25) is 0 Å². The number of phenolic OH excluding ortho intramolecular Hbond substituents is 2. The van der Waals surface area contributed by atoms with Crippen molar-refractivity contribution in [3.63, 3.8) is 0 Å². The standard InChI is InChI=1S/C60H67N15O4S/c61-58-54(31-52(65-67-58)50-10-2-3-11-56(50)76)71-33-46-13-14-47(34-71)75(46)45-19-22-64-43(30-45)9-7-26-70-38-60(39-70)20-27-73(40-60)80(78,79)37-41-12-17-51(57(77)28-41)53-32-55(59(62)68-66-53)72-35-48-15-16-49(36-72)74(48)44-18-21-63-42(29-44)8-6-25-69-23-4-1-5-24-69/h2-3,10-12,17-19,21-22,28-32,46-49,76-77H,1,4-5,13-16,20,23-27,33-40H2,(H2,61,67)(H2,62,68). The van der Waals surface area contributed by atoms with Crippen LogP contribution in [-0.4, -0.2) is 166 Å². The molecule has 7 fully saturated rings. The van der Waals surface area contributed by atoms with Gasteiger partial charge in [-0.25, -0.2) is 22.7 Å². The van der Waals surface area contributed by atoms with Crippen molar-refractivity contribution in [3.8, 4) is 57.7 Å². The smallest absolute Gasteiger partial charge is 0.218 e. The van der Waals surface area contributed by atoms with Gasteiger partial charge in [0.2, 0.25) is 10.0 Å². The largest absolute Gasteiger partial charge is 0.507 e. The Morgan fingerprint density at radius 2 is 1.12 bits per heavy atom. The van der Waals surface area contributed by atoms with Crippen molar-refractivity contribution in [3.05, 3.63) is 108 Å². The number of rotatable bonds is 11. The summed E-state index contributed by atoms with van der Waals surface area (Å²) in [6.07, 6.45) is 12.5. The van der Waals surface area contributed by atoms with Gasteiger partial charge in [0, 0.05) is 117 Å². The topological polar surface area (TPSA) is 227 Å². The minimum atomic E-state index is -3.67. The average Bonchev–Trinajstić information content (AvgIpc) is 4.14. The van der Waals surface area contributed by atoms with Gasteiger partial charge in [-0.15, -0.1) is 20.4 Å². The predicted molar refractivity (Wildman–Crippen MR) is 310 cm³/mol. The maximum atomic E-state index is 13.9. The van der Waals surface area contributed by atoms with E-state index >= 15 is 0 Å². The Morgan fingerprint density at radius 1 is 0.588 bits per heavy atom. The Hall–Kier alpha value is -7.75. The molecule has 7 aliphatic rings. The zero-order valence-electron chi connectivity index (χ0n) is 44.9. The van der Waals surface area contributed by atoms with Crippen LogP contribution in [-0.2, 0) is 15.8 Å². The molecule has 0 saturated carbocycles. The molecule has 4 bridgehead atoms. The normalized spacial score (nSPS) is 22.7. The molecule has 412 valence electrons. The van der Waals surface area contributed by atoms with Crippen LogP contribution in [0.1, 0.15) is 68.3 Å². The molecule has 4 atom stereocenters. The van der Waals surface area contributed by atoms with Gasteiger partial charge in [-0.1, -0.05) is 36.5 Å². The van der Waals surface area contributed by atoms with E-state index in [0.717, 1.165) is 125 Å². The number of anilines is 6. The van der Waals surface area contributed by atoms with E-state index in [1.165, 1.54) is 25.3 Å². The van der Waals surface area contributed by atoms with E-state index in [2.05, 4.69) is 108 Å². The molecular formula is C60H67N15O4S. The zero-order chi connectivity index (χ0) is 54.5. The molecule has 7 saturated heterocycles. The molecule has 13 rings (SSSR count). The summed E-state index contributed by atoms with van der Waals surface area (Å²) in [5, 5.41) is 39.1. The fourth-order valence-corrected chi connectivity index (χ4v) is 15.4. The second kappa shape index (κ2) is 21.4. The molecule has 0 amide bonds. The van der Waals surface area contributed by atoms with E-state index in [4.69, 9.17) is 11.5 Å². The number of hydrogen-bond acceptors (Lipinski definition) is 18. The van der Waals surface area contributed by atoms with Crippen molar-refractivity contribution < 1.29 is 18.6 Å². The van der Waals surface area contributed by atoms with E-state index in [9.17, 15) is 18.6 Å². The number of piperazine rings is 2. The molecule has 2 aromatic carbocycles. The highest BCUT2D eigenvalue weighted by atomic mass is 32.2. The molecule has 6 N–H and O–H groups in total. The number of fused-ring (bicyclic) bond motifs is 4. The first-order chi connectivity index (χ1) is 38.9. The Labute approximate surface area is 467 Å². The number of pyridine rings is 2. The van der Waals surface area contributed by atoms with Gasteiger partial charge in [0.1, 0.15) is 22.9 Å². The highest BCUT2D eigenvalue weighted by Gasteiger charge is 2.50. The number of hydrogen-bond donors (Lipinski definition) is 4. The van der Waals surface area contributed by atoms with E-state index < -0.39 is 10.0 Å². The van der Waals surface area contributed by atoms with Gasteiger partial charge < -0.3 is 41.3 Å². The van der Waals surface area contributed by atoms with E-state index in [0.29, 0.717) is 59.3 Å². The maximum Gasteiger partial charge on any atom is 0.218 e. The van der Waals surface area contributed by atoms with Crippen LogP contribution in [0.15, 0.2) is 91.3 Å². The number of likely N-dealkylation sites (tertiary alicyclic amines) is 2. The molecule has 0 radical (unpaired) electrons. The quantitative estimate of drug-likeness (QED) is 0.119. The van der Waals surface area contributed by atoms with Gasteiger partial charge in [-0.05, 0) is 136 Å². The van der Waals surface area contributed by atoms with Crippen LogP contribution in [0.4, 0.5) is 34.4 Å². The number of sulfonamides is 1. The zero-order valence-corrected chi connectivity index (χ0v) is 45.7. The van der Waals surface area contributed by atoms with Crippen LogP contribution < -0.4 is 31.1 Å². The van der Waals surface area contributed by atoms with Crippen molar-refractivity contribution >= 4 is 44.4 Å². The Morgan fingerprint density at radius 3 is 1.68 bits per heavy atom. The van der Waals surface area contributed by atoms with Crippen molar-refractivity contribution in [2.45, 2.75) is 81.3 Å². The van der Waals surface area contributed by atoms with Crippen LogP contribution >= 0.6 is 0 Å². The molecule has 7 aliphatic heterocycles. The first-order valence-electron chi connectivity index (χ1n) is 28.2. The minimum Gasteiger partial charge on any atom is -0.507 e. The van der Waals surface area contributed by atoms with Gasteiger partial charge in [-0.3, -0.25) is 9.80 Å². The van der Waals surface area contributed by atoms with Crippen molar-refractivity contribution in [1.29, 1.82) is 0 Å². The van der Waals surface area contributed by atoms with Crippen LogP contribution in [0, 0.1) is 29.1 Å². The number of aromatic hydroxyl groups is 2. The summed E-state index contributed by atoms with van der Waals surface area (Å²) in [7, 11) is -3.67. The summed E-state index contributed by atoms with van der Waals surface area (Å²) >= 11 is 0. The minimum absolute atomic E-state index is 0.0619. The van der Waals surface area contributed by atoms with Crippen LogP contribution in [0.5, 0.6) is 11.5 Å². The van der Waals surface area contributed by atoms with E-state index in [1.807, 2.05) is 36.7 Å². The molecule has 1 spiro atoms. The van der Waals surface area contributed by atoms with Crippen LogP contribution in [0.25, 0.3) is 22.5 Å². The monoisotopic (exact) mass is 1090 g/mol. The summed E-state index contributed by atoms with van der Waals surface area (Å²) in [4.78, 5) is 23.5. The van der Waals surface area contributed by atoms with Crippen LogP contribution in [0.3, 0.4) is 0 Å². The second-order valence-electron chi connectivity index (χ2n) is 23.0. The molecule has 11 heterocycles. The summed E-state index contributed by atoms with van der Waals surface area (Å²) in [5.74, 6) is 13.9. The molecular weight excluding hydrogens is 1030 g/mol. The first kappa shape index (κ1) is 51.7. The summed E-state index contributed by atoms with van der Waals surface area (Å²) in [5.41, 5.74) is 20.8. The SMILES string of the molecule is Nc1nnc(-c2ccccc2O)cc1N1CC2CCC(C1)N2c1ccnc(C#CCN2CC3(CCN(S(=O)(=O)Cc4ccc(-c5cc(N6CC7CCC(C6)N7c6ccnc(C#CCN7CCCCC7)c6)c(N)nn5)c(O)c4)C3)C2)c1. The van der Waals surface area contributed by atoms with Gasteiger partial charge in [-0.2, -0.15) is 0 Å². The number of nitrogen functional groups attached to an aromatic ring is 2. The average molecular weight is 1090 g/mol. The number of phenols is 2. The lowest BCUT2D eigenvalue weighted by atomic mass is 9.79. The molecule has 4 aromatic heterocycles. The second-order valence-corrected chi connectivity index (χ2v) is 25.0. The van der Waals surface area contributed by atoms with Crippen molar-refractivity contribution in [2.75, 3.05) is 110 Å². The van der Waals surface area contributed by atoms with Crippen molar-refractivity contribution in [1.82, 2.24) is 44.5 Å². The number of benzene rings is 2. The fraction of sp³-hybridized carbons (Fsp3) is 0.433. The lowest BCUT2D eigenvalue weighted by Crippen LogP contribution is -2.57. The predicted octanol–water partition coefficient (Wildman–Crippen LogP) is 5.41. The Bertz CT molecular complexity index is 3540. The maximum absolute atomic E-state index is 13.9. The summed E-state index contributed by atoms with van der Waals surface area (Å²) < 4.78 is 29.5. The molecule has 20 heteroatoms. The lowest BCUT2D eigenvalue weighted by Gasteiger charge is -2.47.